The minimum Gasteiger partial charge on any atom is -0.427 e. The molecule has 0 radical (unpaired) electrons. The number of hydrogen-bond acceptors (Lipinski definition) is 5. The maximum atomic E-state index is 11.3. The van der Waals surface area contributed by atoms with Crippen molar-refractivity contribution in [3.05, 3.63) is 12.2 Å². The maximum absolute atomic E-state index is 11.3. The van der Waals surface area contributed by atoms with Gasteiger partial charge in [0, 0.05) is 18.6 Å². The first kappa shape index (κ1) is 16.1. The summed E-state index contributed by atoms with van der Waals surface area (Å²) >= 11 is 0. The lowest BCUT2D eigenvalue weighted by Crippen LogP contribution is -2.39. The molecule has 0 amide bonds. The minimum absolute atomic E-state index is 0.0738. The largest absolute Gasteiger partial charge is 0.427 e. The van der Waals surface area contributed by atoms with E-state index >= 15 is 0 Å². The molecule has 0 rings (SSSR count). The third kappa shape index (κ3) is 7.10. The van der Waals surface area contributed by atoms with Gasteiger partial charge in [0.25, 0.3) is 0 Å². The Balaban J connectivity index is 4.01. The Morgan fingerprint density at radius 2 is 1.88 bits per heavy atom. The molecule has 0 aliphatic rings. The number of carbonyl (C=O) groups excluding carboxylic acids is 1. The topological polar surface area (TPSA) is 65.0 Å². The number of rotatable bonds is 9. The molecule has 0 bridgehead atoms. The molecule has 0 aliphatic carbocycles. The van der Waals surface area contributed by atoms with E-state index in [0.29, 0.717) is 19.8 Å². The fourth-order valence-electron chi connectivity index (χ4n) is 0.957. The summed E-state index contributed by atoms with van der Waals surface area (Å²) in [6.45, 7) is 9.90. The van der Waals surface area contributed by atoms with Gasteiger partial charge in [0.15, 0.2) is 0 Å². The highest BCUT2D eigenvalue weighted by atomic mass is 16.7. The van der Waals surface area contributed by atoms with Gasteiger partial charge in [-0.25, -0.2) is 4.79 Å². The van der Waals surface area contributed by atoms with Crippen molar-refractivity contribution < 1.29 is 24.1 Å². The maximum Gasteiger partial charge on any atom is 0.335 e. The fourth-order valence-corrected chi connectivity index (χ4v) is 0.957. The number of carbonyl (C=O) groups is 1. The van der Waals surface area contributed by atoms with Crippen molar-refractivity contribution in [3.63, 3.8) is 0 Å². The second-order valence-corrected chi connectivity index (χ2v) is 3.72. The highest BCUT2D eigenvalue weighted by Gasteiger charge is 2.30. The zero-order valence-corrected chi connectivity index (χ0v) is 10.8. The number of ether oxygens (including phenoxy) is 3. The predicted molar refractivity (Wildman–Crippen MR) is 63.5 cm³/mol. The SMILES string of the molecule is C=C(C)C(=O)OC(O)(CC)COCCOCC. The standard InChI is InChI=1S/C12H22O5/c1-5-12(14,17-11(13)10(3)4)9-16-8-7-15-6-2/h14H,3,5-9H2,1-2,4H3. The van der Waals surface area contributed by atoms with Crippen molar-refractivity contribution >= 4 is 5.97 Å². The molecule has 0 saturated carbocycles. The van der Waals surface area contributed by atoms with Gasteiger partial charge < -0.3 is 19.3 Å². The lowest BCUT2D eigenvalue weighted by molar-refractivity contribution is -0.227. The molecule has 0 aliphatic heterocycles. The summed E-state index contributed by atoms with van der Waals surface area (Å²) in [4.78, 5) is 11.3. The number of esters is 1. The van der Waals surface area contributed by atoms with Gasteiger partial charge in [0.1, 0.15) is 6.61 Å². The summed E-state index contributed by atoms with van der Waals surface area (Å²) in [6.07, 6.45) is 0.251. The Kier molecular flexibility index (Phi) is 7.78. The normalized spacial score (nSPS) is 14.1. The third-order valence-corrected chi connectivity index (χ3v) is 2.09. The summed E-state index contributed by atoms with van der Waals surface area (Å²) in [5.41, 5.74) is 0.242. The molecule has 0 heterocycles. The first-order chi connectivity index (χ1) is 7.95. The molecule has 0 fully saturated rings. The molecule has 1 atom stereocenters. The van der Waals surface area contributed by atoms with Crippen LogP contribution in [-0.2, 0) is 19.0 Å². The van der Waals surface area contributed by atoms with Gasteiger partial charge in [-0.1, -0.05) is 13.5 Å². The summed E-state index contributed by atoms with van der Waals surface area (Å²) in [5, 5.41) is 9.95. The predicted octanol–water partition coefficient (Wildman–Crippen LogP) is 1.26. The van der Waals surface area contributed by atoms with Crippen molar-refractivity contribution in [1.29, 1.82) is 0 Å². The summed E-state index contributed by atoms with van der Waals surface area (Å²) < 4.78 is 15.2. The zero-order valence-electron chi connectivity index (χ0n) is 10.8. The molecule has 0 spiro atoms. The highest BCUT2D eigenvalue weighted by molar-refractivity contribution is 5.87. The number of aliphatic hydroxyl groups is 1. The van der Waals surface area contributed by atoms with Crippen LogP contribution in [0.5, 0.6) is 0 Å². The van der Waals surface area contributed by atoms with Crippen molar-refractivity contribution in [2.24, 2.45) is 0 Å². The van der Waals surface area contributed by atoms with Gasteiger partial charge in [-0.15, -0.1) is 0 Å². The first-order valence-corrected chi connectivity index (χ1v) is 5.72. The Hall–Kier alpha value is -0.910. The molecule has 5 nitrogen and oxygen atoms in total. The molecule has 1 unspecified atom stereocenters. The van der Waals surface area contributed by atoms with Crippen LogP contribution in [0.4, 0.5) is 0 Å². The molecular formula is C12H22O5. The van der Waals surface area contributed by atoms with Crippen LogP contribution in [0.1, 0.15) is 27.2 Å². The van der Waals surface area contributed by atoms with Crippen LogP contribution in [0.2, 0.25) is 0 Å². The second-order valence-electron chi connectivity index (χ2n) is 3.72. The minimum atomic E-state index is -1.59. The molecule has 0 aromatic carbocycles. The van der Waals surface area contributed by atoms with E-state index < -0.39 is 11.8 Å². The fraction of sp³-hybridized carbons (Fsp3) is 0.750. The van der Waals surface area contributed by atoms with E-state index in [-0.39, 0.29) is 18.6 Å². The van der Waals surface area contributed by atoms with E-state index in [0.717, 1.165) is 0 Å². The molecule has 5 heteroatoms. The molecular weight excluding hydrogens is 224 g/mol. The van der Waals surface area contributed by atoms with Crippen LogP contribution < -0.4 is 0 Å². The van der Waals surface area contributed by atoms with Crippen molar-refractivity contribution in [2.75, 3.05) is 26.4 Å². The van der Waals surface area contributed by atoms with Crippen molar-refractivity contribution in [1.82, 2.24) is 0 Å². The quantitative estimate of drug-likeness (QED) is 0.287. The zero-order chi connectivity index (χ0) is 13.3. The lowest BCUT2D eigenvalue weighted by atomic mass is 10.2. The third-order valence-electron chi connectivity index (χ3n) is 2.09. The van der Waals surface area contributed by atoms with Crippen molar-refractivity contribution in [2.45, 2.75) is 33.0 Å². The van der Waals surface area contributed by atoms with E-state index in [4.69, 9.17) is 14.2 Å². The first-order valence-electron chi connectivity index (χ1n) is 5.72. The lowest BCUT2D eigenvalue weighted by Gasteiger charge is -2.26. The average molecular weight is 246 g/mol. The van der Waals surface area contributed by atoms with E-state index in [1.807, 2.05) is 6.92 Å². The monoisotopic (exact) mass is 246 g/mol. The van der Waals surface area contributed by atoms with Crippen LogP contribution in [0, 0.1) is 0 Å². The summed E-state index contributed by atoms with van der Waals surface area (Å²) in [7, 11) is 0. The molecule has 0 saturated heterocycles. The second kappa shape index (κ2) is 8.22. The van der Waals surface area contributed by atoms with E-state index in [1.54, 1.807) is 6.92 Å². The molecule has 17 heavy (non-hydrogen) atoms. The van der Waals surface area contributed by atoms with Crippen LogP contribution in [0.15, 0.2) is 12.2 Å². The average Bonchev–Trinajstić information content (AvgIpc) is 2.28. The summed E-state index contributed by atoms with van der Waals surface area (Å²) in [5.74, 6) is -2.22. The van der Waals surface area contributed by atoms with Gasteiger partial charge in [0.2, 0.25) is 5.79 Å². The Morgan fingerprint density at radius 3 is 2.35 bits per heavy atom. The van der Waals surface area contributed by atoms with Crippen LogP contribution in [0.25, 0.3) is 0 Å². The number of hydrogen-bond donors (Lipinski definition) is 1. The van der Waals surface area contributed by atoms with E-state index in [2.05, 4.69) is 6.58 Å². The summed E-state index contributed by atoms with van der Waals surface area (Å²) in [6, 6.07) is 0. The van der Waals surface area contributed by atoms with Gasteiger partial charge in [-0.3, -0.25) is 0 Å². The molecule has 0 aromatic heterocycles. The Bertz CT molecular complexity index is 251. The highest BCUT2D eigenvalue weighted by Crippen LogP contribution is 2.14. The molecule has 100 valence electrons. The van der Waals surface area contributed by atoms with Crippen molar-refractivity contribution in [3.8, 4) is 0 Å². The molecule has 1 N–H and O–H groups in total. The van der Waals surface area contributed by atoms with Gasteiger partial charge >= 0.3 is 5.97 Å². The van der Waals surface area contributed by atoms with Crippen LogP contribution >= 0.6 is 0 Å². The van der Waals surface area contributed by atoms with Gasteiger partial charge in [-0.2, -0.15) is 0 Å². The Labute approximate surface area is 102 Å². The van der Waals surface area contributed by atoms with E-state index in [1.165, 1.54) is 6.92 Å². The smallest absolute Gasteiger partial charge is 0.335 e. The van der Waals surface area contributed by atoms with Gasteiger partial charge in [0.05, 0.1) is 13.2 Å². The van der Waals surface area contributed by atoms with Crippen LogP contribution in [0.3, 0.4) is 0 Å². The Morgan fingerprint density at radius 1 is 1.29 bits per heavy atom. The van der Waals surface area contributed by atoms with E-state index in [9.17, 15) is 9.90 Å². The van der Waals surface area contributed by atoms with Crippen LogP contribution in [-0.4, -0.2) is 43.3 Å². The molecule has 0 aromatic rings. The van der Waals surface area contributed by atoms with Gasteiger partial charge in [-0.05, 0) is 13.8 Å².